The molecule has 7 heteroatoms. The molecule has 1 atom stereocenters. The summed E-state index contributed by atoms with van der Waals surface area (Å²) >= 11 is 0. The molecule has 0 fully saturated rings. The average molecular weight is 401 g/mol. The Balaban J connectivity index is 1.69. The molecular formula is C22H25F2N3O2. The molecule has 0 bridgehead atoms. The number of benzene rings is 2. The van der Waals surface area contributed by atoms with E-state index in [-0.39, 0.29) is 23.8 Å². The number of amides is 2. The van der Waals surface area contributed by atoms with Gasteiger partial charge in [-0.2, -0.15) is 0 Å². The monoisotopic (exact) mass is 401 g/mol. The first-order chi connectivity index (χ1) is 13.7. The zero-order valence-corrected chi connectivity index (χ0v) is 16.8. The number of carbonyl (C=O) groups excluding carboxylic acids is 1. The van der Waals surface area contributed by atoms with Gasteiger partial charge in [0.2, 0.25) is 0 Å². The van der Waals surface area contributed by atoms with Crippen LogP contribution in [0.15, 0.2) is 53.7 Å². The van der Waals surface area contributed by atoms with Gasteiger partial charge in [0.15, 0.2) is 6.10 Å². The zero-order valence-electron chi connectivity index (χ0n) is 16.8. The third-order valence-corrected chi connectivity index (χ3v) is 4.37. The van der Waals surface area contributed by atoms with Crippen molar-refractivity contribution in [2.75, 3.05) is 6.54 Å². The standard InChI is InChI=1S/C22H25F2N3O2/c1-22(2,3)25-21(28)27(13-15-7-9-17(23)10-8-15)14-19-12-20(26-29-19)16-5-4-6-18(24)11-16/h4-11,19H,12-14H2,1-3H3,(H,25,28)/t19-/m0/s1. The van der Waals surface area contributed by atoms with E-state index in [1.807, 2.05) is 20.8 Å². The molecule has 0 spiro atoms. The fraction of sp³-hybridized carbons (Fsp3) is 0.364. The van der Waals surface area contributed by atoms with E-state index in [9.17, 15) is 13.6 Å². The van der Waals surface area contributed by atoms with Gasteiger partial charge in [0, 0.05) is 24.1 Å². The summed E-state index contributed by atoms with van der Waals surface area (Å²) in [6.45, 7) is 6.30. The summed E-state index contributed by atoms with van der Waals surface area (Å²) in [5.41, 5.74) is 1.71. The van der Waals surface area contributed by atoms with E-state index in [0.717, 1.165) is 5.56 Å². The van der Waals surface area contributed by atoms with Crippen molar-refractivity contribution in [1.29, 1.82) is 0 Å². The molecule has 1 aliphatic rings. The van der Waals surface area contributed by atoms with Crippen molar-refractivity contribution in [3.63, 3.8) is 0 Å². The second-order valence-corrected chi connectivity index (χ2v) is 8.17. The minimum Gasteiger partial charge on any atom is -0.390 e. The molecule has 2 aromatic rings. The number of nitrogens with one attached hydrogen (secondary N) is 1. The fourth-order valence-electron chi connectivity index (χ4n) is 3.04. The third kappa shape index (κ3) is 6.01. The van der Waals surface area contributed by atoms with E-state index >= 15 is 0 Å². The molecule has 0 saturated carbocycles. The highest BCUT2D eigenvalue weighted by atomic mass is 19.1. The van der Waals surface area contributed by atoms with Gasteiger partial charge >= 0.3 is 6.03 Å². The number of oxime groups is 1. The lowest BCUT2D eigenvalue weighted by Gasteiger charge is -2.29. The van der Waals surface area contributed by atoms with Crippen molar-refractivity contribution in [2.24, 2.45) is 5.16 Å². The van der Waals surface area contributed by atoms with Gasteiger partial charge in [-0.15, -0.1) is 0 Å². The van der Waals surface area contributed by atoms with Crippen LogP contribution in [0, 0.1) is 11.6 Å². The summed E-state index contributed by atoms with van der Waals surface area (Å²) in [5.74, 6) is -0.664. The number of halogens is 2. The molecule has 1 heterocycles. The minimum atomic E-state index is -0.405. The minimum absolute atomic E-state index is 0.246. The van der Waals surface area contributed by atoms with Gasteiger partial charge in [0.25, 0.3) is 0 Å². The van der Waals surface area contributed by atoms with Crippen LogP contribution in [0.4, 0.5) is 13.6 Å². The lowest BCUT2D eigenvalue weighted by atomic mass is 10.0. The largest absolute Gasteiger partial charge is 0.390 e. The van der Waals surface area contributed by atoms with Crippen LogP contribution in [-0.2, 0) is 11.4 Å². The second-order valence-electron chi connectivity index (χ2n) is 8.17. The van der Waals surface area contributed by atoms with Crippen LogP contribution in [0.25, 0.3) is 0 Å². The first-order valence-electron chi connectivity index (χ1n) is 9.50. The Labute approximate surface area is 169 Å². The van der Waals surface area contributed by atoms with Gasteiger partial charge < -0.3 is 15.1 Å². The molecule has 1 N–H and O–H groups in total. The van der Waals surface area contributed by atoms with Crippen LogP contribution in [-0.4, -0.2) is 34.8 Å². The smallest absolute Gasteiger partial charge is 0.318 e. The van der Waals surface area contributed by atoms with Crippen LogP contribution in [0.3, 0.4) is 0 Å². The van der Waals surface area contributed by atoms with Crippen molar-refractivity contribution in [3.05, 3.63) is 71.3 Å². The molecule has 0 saturated heterocycles. The Morgan fingerprint density at radius 3 is 2.55 bits per heavy atom. The maximum Gasteiger partial charge on any atom is 0.318 e. The first-order valence-corrected chi connectivity index (χ1v) is 9.50. The summed E-state index contributed by atoms with van der Waals surface area (Å²) in [6.07, 6.45) is 0.117. The Morgan fingerprint density at radius 1 is 1.17 bits per heavy atom. The van der Waals surface area contributed by atoms with E-state index < -0.39 is 5.54 Å². The number of urea groups is 1. The van der Waals surface area contributed by atoms with Gasteiger partial charge in [-0.25, -0.2) is 13.6 Å². The van der Waals surface area contributed by atoms with E-state index in [4.69, 9.17) is 4.84 Å². The molecule has 154 valence electrons. The summed E-state index contributed by atoms with van der Waals surface area (Å²) in [6, 6.07) is 12.0. The number of rotatable bonds is 5. The number of nitrogens with zero attached hydrogens (tertiary/aromatic N) is 2. The maximum atomic E-state index is 13.5. The Hall–Kier alpha value is -2.96. The molecule has 2 amide bonds. The second kappa shape index (κ2) is 8.59. The van der Waals surface area contributed by atoms with Crippen LogP contribution in [0.1, 0.15) is 38.3 Å². The Bertz CT molecular complexity index is 892. The molecule has 2 aromatic carbocycles. The number of hydrogen-bond donors (Lipinski definition) is 1. The van der Waals surface area contributed by atoms with Crippen LogP contribution in [0.5, 0.6) is 0 Å². The van der Waals surface area contributed by atoms with Crippen molar-refractivity contribution in [3.8, 4) is 0 Å². The zero-order chi connectivity index (χ0) is 21.0. The fourth-order valence-corrected chi connectivity index (χ4v) is 3.04. The van der Waals surface area contributed by atoms with Gasteiger partial charge in [-0.3, -0.25) is 0 Å². The summed E-state index contributed by atoms with van der Waals surface area (Å²) in [4.78, 5) is 19.9. The van der Waals surface area contributed by atoms with Gasteiger partial charge in [0.1, 0.15) is 11.6 Å². The Kier molecular flexibility index (Phi) is 6.15. The lowest BCUT2D eigenvalue weighted by molar-refractivity contribution is 0.0580. The molecule has 0 unspecified atom stereocenters. The summed E-state index contributed by atoms with van der Waals surface area (Å²) < 4.78 is 26.7. The summed E-state index contributed by atoms with van der Waals surface area (Å²) in [7, 11) is 0. The third-order valence-electron chi connectivity index (χ3n) is 4.37. The topological polar surface area (TPSA) is 53.9 Å². The molecule has 5 nitrogen and oxygen atoms in total. The molecule has 0 radical (unpaired) electrons. The van der Waals surface area contributed by atoms with E-state index in [1.54, 1.807) is 29.2 Å². The maximum absolute atomic E-state index is 13.5. The van der Waals surface area contributed by atoms with E-state index in [2.05, 4.69) is 10.5 Å². The quantitative estimate of drug-likeness (QED) is 0.804. The summed E-state index contributed by atoms with van der Waals surface area (Å²) in [5, 5.41) is 7.02. The lowest BCUT2D eigenvalue weighted by Crippen LogP contribution is -2.50. The average Bonchev–Trinajstić information content (AvgIpc) is 3.10. The van der Waals surface area contributed by atoms with Gasteiger partial charge in [-0.05, 0) is 50.6 Å². The molecule has 3 rings (SSSR count). The highest BCUT2D eigenvalue weighted by molar-refractivity contribution is 6.01. The molecule has 0 aliphatic carbocycles. The van der Waals surface area contributed by atoms with Crippen molar-refractivity contribution < 1.29 is 18.4 Å². The van der Waals surface area contributed by atoms with E-state index in [1.165, 1.54) is 24.3 Å². The van der Waals surface area contributed by atoms with Gasteiger partial charge in [0.05, 0.1) is 12.3 Å². The number of carbonyl (C=O) groups is 1. The predicted octanol–water partition coefficient (Wildman–Crippen LogP) is 4.47. The van der Waals surface area contributed by atoms with Crippen molar-refractivity contribution in [1.82, 2.24) is 10.2 Å². The van der Waals surface area contributed by atoms with E-state index in [0.29, 0.717) is 30.8 Å². The molecular weight excluding hydrogens is 376 g/mol. The van der Waals surface area contributed by atoms with Crippen molar-refractivity contribution >= 4 is 11.7 Å². The van der Waals surface area contributed by atoms with Crippen LogP contribution < -0.4 is 5.32 Å². The van der Waals surface area contributed by atoms with Crippen molar-refractivity contribution in [2.45, 2.75) is 45.4 Å². The molecule has 1 aliphatic heterocycles. The first kappa shape index (κ1) is 20.8. The molecule has 0 aromatic heterocycles. The number of hydrogen-bond acceptors (Lipinski definition) is 3. The SMILES string of the molecule is CC(C)(C)NC(=O)N(Cc1ccc(F)cc1)C[C@@H]1CC(c2cccc(F)c2)=NO1. The van der Waals surface area contributed by atoms with Crippen LogP contribution in [0.2, 0.25) is 0 Å². The highest BCUT2D eigenvalue weighted by Crippen LogP contribution is 2.20. The normalized spacial score (nSPS) is 16.2. The molecule has 29 heavy (non-hydrogen) atoms. The predicted molar refractivity (Wildman–Crippen MR) is 108 cm³/mol. The van der Waals surface area contributed by atoms with Gasteiger partial charge in [-0.1, -0.05) is 29.4 Å². The highest BCUT2D eigenvalue weighted by Gasteiger charge is 2.28. The Morgan fingerprint density at radius 2 is 1.90 bits per heavy atom. The van der Waals surface area contributed by atoms with Crippen LogP contribution >= 0.6 is 0 Å².